The monoisotopic (exact) mass is 367 g/mol. The molecule has 2 aromatic carbocycles. The number of benzene rings is 2. The fourth-order valence-electron chi connectivity index (χ4n) is 2.50. The molecule has 0 radical (unpaired) electrons. The van der Waals surface area contributed by atoms with Gasteiger partial charge in [0.15, 0.2) is 0 Å². The van der Waals surface area contributed by atoms with Gasteiger partial charge in [0.1, 0.15) is 5.82 Å². The van der Waals surface area contributed by atoms with Gasteiger partial charge in [0.25, 0.3) is 10.0 Å². The first kappa shape index (κ1) is 16.8. The highest BCUT2D eigenvalue weighted by Gasteiger charge is 2.29. The predicted molar refractivity (Wildman–Crippen MR) is 89.7 cm³/mol. The minimum atomic E-state index is -3.98. The number of nitrogens with zero attached hydrogens (tertiary/aromatic N) is 1. The number of aromatic carboxylic acids is 1. The number of halogens is 1. The maximum absolute atomic E-state index is 13.6. The molecular formula is C16H14FNO4S2. The lowest BCUT2D eigenvalue weighted by Crippen LogP contribution is -2.32. The van der Waals surface area contributed by atoms with E-state index in [2.05, 4.69) is 0 Å². The van der Waals surface area contributed by atoms with Crippen molar-refractivity contribution in [3.05, 3.63) is 53.8 Å². The summed E-state index contributed by atoms with van der Waals surface area (Å²) < 4.78 is 40.8. The van der Waals surface area contributed by atoms with Crippen LogP contribution in [0.4, 0.5) is 10.1 Å². The van der Waals surface area contributed by atoms with E-state index in [4.69, 9.17) is 5.11 Å². The van der Waals surface area contributed by atoms with Gasteiger partial charge in [-0.2, -0.15) is 0 Å². The van der Waals surface area contributed by atoms with E-state index in [1.807, 2.05) is 12.1 Å². The second-order valence-electron chi connectivity index (χ2n) is 5.19. The van der Waals surface area contributed by atoms with Gasteiger partial charge in [-0.1, -0.05) is 12.1 Å². The molecule has 1 aliphatic rings. The number of para-hydroxylation sites is 1. The molecule has 8 heteroatoms. The van der Waals surface area contributed by atoms with E-state index in [1.165, 1.54) is 4.31 Å². The highest BCUT2D eigenvalue weighted by atomic mass is 32.2. The summed E-state index contributed by atoms with van der Waals surface area (Å²) >= 11 is 1.57. The third-order valence-electron chi connectivity index (χ3n) is 3.65. The van der Waals surface area contributed by atoms with Crippen LogP contribution in [0.15, 0.2) is 52.3 Å². The van der Waals surface area contributed by atoms with E-state index in [9.17, 15) is 17.6 Å². The Labute approximate surface area is 143 Å². The first-order valence-electron chi connectivity index (χ1n) is 7.18. The molecule has 0 unspecified atom stereocenters. The van der Waals surface area contributed by atoms with Crippen LogP contribution in [0.3, 0.4) is 0 Å². The SMILES string of the molecule is O=C(O)c1cc(S(=O)(=O)N2CCCSc3ccccc32)ccc1F. The van der Waals surface area contributed by atoms with E-state index < -0.39 is 27.4 Å². The van der Waals surface area contributed by atoms with Crippen LogP contribution >= 0.6 is 11.8 Å². The molecule has 0 amide bonds. The lowest BCUT2D eigenvalue weighted by molar-refractivity contribution is 0.0691. The van der Waals surface area contributed by atoms with Crippen molar-refractivity contribution in [1.82, 2.24) is 0 Å². The number of carbonyl (C=O) groups is 1. The summed E-state index contributed by atoms with van der Waals surface area (Å²) in [5.74, 6) is -1.68. The first-order valence-corrected chi connectivity index (χ1v) is 9.61. The first-order chi connectivity index (χ1) is 11.4. The minimum absolute atomic E-state index is 0.233. The van der Waals surface area contributed by atoms with Gasteiger partial charge in [0, 0.05) is 11.4 Å². The summed E-state index contributed by atoms with van der Waals surface area (Å²) in [7, 11) is -3.98. The molecule has 2 aromatic rings. The third-order valence-corrected chi connectivity index (χ3v) is 6.61. The highest BCUT2D eigenvalue weighted by molar-refractivity contribution is 7.99. The van der Waals surface area contributed by atoms with Gasteiger partial charge in [-0.25, -0.2) is 17.6 Å². The number of rotatable bonds is 3. The third kappa shape index (κ3) is 2.99. The van der Waals surface area contributed by atoms with Gasteiger partial charge >= 0.3 is 5.97 Å². The number of carboxylic acid groups (broad SMARTS) is 1. The molecule has 0 atom stereocenters. The molecule has 24 heavy (non-hydrogen) atoms. The van der Waals surface area contributed by atoms with E-state index in [0.717, 1.165) is 28.8 Å². The zero-order chi connectivity index (χ0) is 17.3. The Morgan fingerprint density at radius 2 is 1.96 bits per heavy atom. The van der Waals surface area contributed by atoms with Crippen molar-refractivity contribution in [3.8, 4) is 0 Å². The smallest absolute Gasteiger partial charge is 0.338 e. The summed E-state index contributed by atoms with van der Waals surface area (Å²) in [5.41, 5.74) is -0.102. The normalized spacial score (nSPS) is 14.8. The van der Waals surface area contributed by atoms with Crippen LogP contribution in [0.5, 0.6) is 0 Å². The molecule has 0 aliphatic carbocycles. The molecule has 0 bridgehead atoms. The second-order valence-corrected chi connectivity index (χ2v) is 8.19. The number of hydrogen-bond acceptors (Lipinski definition) is 4. The molecule has 0 aromatic heterocycles. The maximum Gasteiger partial charge on any atom is 0.338 e. The van der Waals surface area contributed by atoms with Gasteiger partial charge < -0.3 is 5.11 Å². The predicted octanol–water partition coefficient (Wildman–Crippen LogP) is 3.22. The Morgan fingerprint density at radius 1 is 1.21 bits per heavy atom. The summed E-state index contributed by atoms with van der Waals surface area (Å²) in [4.78, 5) is 11.7. The Kier molecular flexibility index (Phi) is 4.51. The number of fused-ring (bicyclic) bond motifs is 1. The number of thioether (sulfide) groups is 1. The van der Waals surface area contributed by atoms with Crippen molar-refractivity contribution in [1.29, 1.82) is 0 Å². The largest absolute Gasteiger partial charge is 0.478 e. The Bertz CT molecular complexity index is 899. The standard InChI is InChI=1S/C16H14FNO4S2/c17-13-7-6-11(10-12(13)16(19)20)24(21,22)18-8-3-9-23-15-5-2-1-4-14(15)18/h1-2,4-7,10H,3,8-9H2,(H,19,20). The molecule has 0 spiro atoms. The average Bonchev–Trinajstić information content (AvgIpc) is 2.77. The van der Waals surface area contributed by atoms with Crippen LogP contribution in [0.2, 0.25) is 0 Å². The van der Waals surface area contributed by atoms with E-state index >= 15 is 0 Å². The van der Waals surface area contributed by atoms with Crippen LogP contribution in [-0.2, 0) is 10.0 Å². The maximum atomic E-state index is 13.6. The van der Waals surface area contributed by atoms with Crippen molar-refractivity contribution < 1.29 is 22.7 Å². The van der Waals surface area contributed by atoms with Gasteiger partial charge in [-0.05, 0) is 42.5 Å². The summed E-state index contributed by atoms with van der Waals surface area (Å²) in [5, 5.41) is 9.02. The summed E-state index contributed by atoms with van der Waals surface area (Å²) in [6.45, 7) is 0.284. The van der Waals surface area contributed by atoms with Crippen LogP contribution in [0.25, 0.3) is 0 Å². The van der Waals surface area contributed by atoms with Crippen molar-refractivity contribution in [2.75, 3.05) is 16.6 Å². The zero-order valence-corrected chi connectivity index (χ0v) is 14.1. The van der Waals surface area contributed by atoms with Crippen molar-refractivity contribution in [3.63, 3.8) is 0 Å². The van der Waals surface area contributed by atoms with Gasteiger partial charge in [-0.3, -0.25) is 4.31 Å². The molecule has 1 N–H and O–H groups in total. The fourth-order valence-corrected chi connectivity index (χ4v) is 5.10. The molecule has 1 heterocycles. The Morgan fingerprint density at radius 3 is 2.71 bits per heavy atom. The molecular weight excluding hydrogens is 353 g/mol. The molecule has 0 saturated heterocycles. The zero-order valence-electron chi connectivity index (χ0n) is 12.5. The number of anilines is 1. The minimum Gasteiger partial charge on any atom is -0.478 e. The molecule has 126 valence electrons. The van der Waals surface area contributed by atoms with Crippen molar-refractivity contribution >= 4 is 33.4 Å². The fraction of sp³-hybridized carbons (Fsp3) is 0.188. The Hall–Kier alpha value is -2.06. The van der Waals surface area contributed by atoms with E-state index in [0.29, 0.717) is 12.1 Å². The number of carboxylic acids is 1. The highest BCUT2D eigenvalue weighted by Crippen LogP contribution is 2.36. The quantitative estimate of drug-likeness (QED) is 0.902. The molecule has 3 rings (SSSR count). The van der Waals surface area contributed by atoms with E-state index in [-0.39, 0.29) is 11.4 Å². The Balaban J connectivity index is 2.11. The lowest BCUT2D eigenvalue weighted by Gasteiger charge is -2.24. The molecule has 5 nitrogen and oxygen atoms in total. The van der Waals surface area contributed by atoms with Crippen LogP contribution in [0.1, 0.15) is 16.8 Å². The van der Waals surface area contributed by atoms with Gasteiger partial charge in [0.2, 0.25) is 0 Å². The molecule has 0 saturated carbocycles. The second kappa shape index (κ2) is 6.45. The lowest BCUT2D eigenvalue weighted by atomic mass is 10.2. The summed E-state index contributed by atoms with van der Waals surface area (Å²) in [6, 6.07) is 9.98. The number of hydrogen-bond donors (Lipinski definition) is 1. The van der Waals surface area contributed by atoms with Gasteiger partial charge in [0.05, 0.1) is 16.1 Å². The van der Waals surface area contributed by atoms with Crippen molar-refractivity contribution in [2.24, 2.45) is 0 Å². The average molecular weight is 367 g/mol. The molecule has 1 aliphatic heterocycles. The van der Waals surface area contributed by atoms with Gasteiger partial charge in [-0.15, -0.1) is 11.8 Å². The van der Waals surface area contributed by atoms with Crippen LogP contribution in [-0.4, -0.2) is 31.8 Å². The molecule has 0 fully saturated rings. The topological polar surface area (TPSA) is 74.7 Å². The van der Waals surface area contributed by atoms with Crippen molar-refractivity contribution in [2.45, 2.75) is 16.2 Å². The van der Waals surface area contributed by atoms with Crippen LogP contribution in [0, 0.1) is 5.82 Å². The van der Waals surface area contributed by atoms with E-state index in [1.54, 1.807) is 23.9 Å². The van der Waals surface area contributed by atoms with Crippen LogP contribution < -0.4 is 4.31 Å². The number of sulfonamides is 1. The summed E-state index contributed by atoms with van der Waals surface area (Å²) in [6.07, 6.45) is 0.658.